The van der Waals surface area contributed by atoms with Crippen LogP contribution >= 0.6 is 11.3 Å². The normalized spacial score (nSPS) is 16.2. The number of ether oxygens (including phenoxy) is 1. The van der Waals surface area contributed by atoms with E-state index in [1.165, 1.54) is 29.3 Å². The number of imidazole rings is 1. The van der Waals surface area contributed by atoms with Gasteiger partial charge in [-0.1, -0.05) is 23.5 Å². The summed E-state index contributed by atoms with van der Waals surface area (Å²) in [6, 6.07) is 7.65. The second-order valence-electron chi connectivity index (χ2n) is 7.86. The minimum absolute atomic E-state index is 0.106. The Hall–Kier alpha value is -3.31. The molecule has 1 amide bonds. The molecule has 0 saturated carbocycles. The highest BCUT2D eigenvalue weighted by atomic mass is 32.1. The summed E-state index contributed by atoms with van der Waals surface area (Å²) in [7, 11) is 3.22. The van der Waals surface area contributed by atoms with Crippen LogP contribution in [0.1, 0.15) is 12.8 Å². The number of aryl methyl sites for hydroxylation is 2. The number of carbonyl (C=O) groups is 1. The SMILES string of the molecule is Cn1cnc2c1c(=O)n(CC(=O)N(CC1CCCO1)c1nc3ccccc3s1)c(=O)n2C. The molecule has 1 unspecified atom stereocenters. The van der Waals surface area contributed by atoms with Crippen molar-refractivity contribution in [1.82, 2.24) is 23.7 Å². The minimum atomic E-state index is -0.587. The zero-order valence-corrected chi connectivity index (χ0v) is 18.5. The first-order chi connectivity index (χ1) is 15.4. The molecule has 10 nitrogen and oxygen atoms in total. The number of hydrogen-bond acceptors (Lipinski definition) is 7. The zero-order chi connectivity index (χ0) is 22.4. The van der Waals surface area contributed by atoms with Crippen LogP contribution in [0.25, 0.3) is 21.4 Å². The Kier molecular flexibility index (Phi) is 5.14. The predicted octanol–water partition coefficient (Wildman–Crippen LogP) is 1.26. The van der Waals surface area contributed by atoms with Crippen LogP contribution in [0.15, 0.2) is 40.2 Å². The third kappa shape index (κ3) is 3.43. The first kappa shape index (κ1) is 20.6. The van der Waals surface area contributed by atoms with Crippen LogP contribution in [0.5, 0.6) is 0 Å². The fraction of sp³-hybridized carbons (Fsp3) is 0.381. The van der Waals surface area contributed by atoms with Gasteiger partial charge in [-0.05, 0) is 25.0 Å². The number of thiazole rings is 1. The Morgan fingerprint density at radius 1 is 1.28 bits per heavy atom. The van der Waals surface area contributed by atoms with Gasteiger partial charge < -0.3 is 9.30 Å². The van der Waals surface area contributed by atoms with Crippen molar-refractivity contribution in [2.75, 3.05) is 18.1 Å². The number of aromatic nitrogens is 5. The van der Waals surface area contributed by atoms with Gasteiger partial charge in [-0.3, -0.25) is 19.1 Å². The molecule has 32 heavy (non-hydrogen) atoms. The van der Waals surface area contributed by atoms with Crippen LogP contribution in [-0.4, -0.2) is 48.8 Å². The van der Waals surface area contributed by atoms with Gasteiger partial charge in [0.1, 0.15) is 6.54 Å². The number of amides is 1. The minimum Gasteiger partial charge on any atom is -0.376 e. The fourth-order valence-electron chi connectivity index (χ4n) is 4.01. The smallest absolute Gasteiger partial charge is 0.332 e. The topological polar surface area (TPSA) is 104 Å². The standard InChI is InChI=1S/C21H22N6O4S/c1-24-12-22-18-17(24)19(29)27(21(30)25(18)2)11-16(28)26(10-13-6-5-9-31-13)20-23-14-7-3-4-8-15(14)32-20/h3-4,7-8,12-13H,5-6,9-11H2,1-2H3. The van der Waals surface area contributed by atoms with Crippen molar-refractivity contribution in [2.45, 2.75) is 25.5 Å². The molecule has 0 bridgehead atoms. The first-order valence-corrected chi connectivity index (χ1v) is 11.1. The average molecular weight is 455 g/mol. The van der Waals surface area contributed by atoms with Gasteiger partial charge in [0.2, 0.25) is 5.91 Å². The van der Waals surface area contributed by atoms with Gasteiger partial charge in [-0.2, -0.15) is 0 Å². The summed E-state index contributed by atoms with van der Waals surface area (Å²) >= 11 is 1.40. The Morgan fingerprint density at radius 2 is 2.09 bits per heavy atom. The van der Waals surface area contributed by atoms with Crippen LogP contribution in [-0.2, 0) is 30.2 Å². The van der Waals surface area contributed by atoms with Crippen molar-refractivity contribution < 1.29 is 9.53 Å². The number of carbonyl (C=O) groups excluding carboxylic acids is 1. The molecular weight excluding hydrogens is 432 g/mol. The van der Waals surface area contributed by atoms with Crippen molar-refractivity contribution in [3.05, 3.63) is 51.4 Å². The quantitative estimate of drug-likeness (QED) is 0.450. The van der Waals surface area contributed by atoms with Gasteiger partial charge in [0.05, 0.1) is 29.2 Å². The summed E-state index contributed by atoms with van der Waals surface area (Å²) in [6.07, 6.45) is 3.15. The molecule has 5 rings (SSSR count). The van der Waals surface area contributed by atoms with E-state index in [0.29, 0.717) is 18.3 Å². The number of fused-ring (bicyclic) bond motifs is 2. The van der Waals surface area contributed by atoms with Crippen LogP contribution in [0, 0.1) is 0 Å². The number of anilines is 1. The van der Waals surface area contributed by atoms with Gasteiger partial charge in [-0.15, -0.1) is 0 Å². The molecule has 0 aliphatic carbocycles. The molecule has 1 aliphatic rings. The molecule has 3 aromatic heterocycles. The second-order valence-corrected chi connectivity index (χ2v) is 8.87. The second kappa shape index (κ2) is 7.99. The molecule has 1 aromatic carbocycles. The number of benzene rings is 1. The highest BCUT2D eigenvalue weighted by Crippen LogP contribution is 2.30. The summed E-state index contributed by atoms with van der Waals surface area (Å²) in [5, 5.41) is 0.526. The largest absolute Gasteiger partial charge is 0.376 e. The van der Waals surface area contributed by atoms with Crippen molar-refractivity contribution in [2.24, 2.45) is 14.1 Å². The van der Waals surface area contributed by atoms with Crippen LogP contribution in [0.3, 0.4) is 0 Å². The molecule has 4 heterocycles. The van der Waals surface area contributed by atoms with E-state index in [9.17, 15) is 14.4 Å². The maximum Gasteiger partial charge on any atom is 0.332 e. The molecule has 1 atom stereocenters. The van der Waals surface area contributed by atoms with Gasteiger partial charge in [0, 0.05) is 20.7 Å². The zero-order valence-electron chi connectivity index (χ0n) is 17.7. The van der Waals surface area contributed by atoms with Crippen LogP contribution in [0.2, 0.25) is 0 Å². The summed E-state index contributed by atoms with van der Waals surface area (Å²) < 4.78 is 10.5. The first-order valence-electron chi connectivity index (χ1n) is 10.3. The van der Waals surface area contributed by atoms with Crippen molar-refractivity contribution >= 4 is 43.8 Å². The lowest BCUT2D eigenvalue weighted by molar-refractivity contribution is -0.119. The van der Waals surface area contributed by atoms with Gasteiger partial charge >= 0.3 is 5.69 Å². The van der Waals surface area contributed by atoms with Gasteiger partial charge in [0.25, 0.3) is 5.56 Å². The lowest BCUT2D eigenvalue weighted by Gasteiger charge is -2.23. The Bertz CT molecular complexity index is 1410. The maximum absolute atomic E-state index is 13.5. The van der Waals surface area contributed by atoms with Gasteiger partial charge in [-0.25, -0.2) is 19.3 Å². The molecule has 0 radical (unpaired) electrons. The molecule has 0 N–H and O–H groups in total. The number of hydrogen-bond donors (Lipinski definition) is 0. The van der Waals surface area contributed by atoms with E-state index in [4.69, 9.17) is 4.74 Å². The summed E-state index contributed by atoms with van der Waals surface area (Å²) in [5.74, 6) is -0.389. The van der Waals surface area contributed by atoms with E-state index in [2.05, 4.69) is 9.97 Å². The third-order valence-corrected chi connectivity index (χ3v) is 6.78. The number of nitrogens with zero attached hydrogens (tertiary/aromatic N) is 6. The Labute approximate surface area is 186 Å². The average Bonchev–Trinajstić information content (AvgIpc) is 3.52. The van der Waals surface area contributed by atoms with Crippen LogP contribution in [0.4, 0.5) is 5.13 Å². The predicted molar refractivity (Wildman–Crippen MR) is 121 cm³/mol. The molecule has 11 heteroatoms. The number of rotatable bonds is 5. The molecule has 1 fully saturated rings. The molecule has 1 saturated heterocycles. The highest BCUT2D eigenvalue weighted by Gasteiger charge is 2.27. The van der Waals surface area contributed by atoms with E-state index in [1.807, 2.05) is 24.3 Å². The van der Waals surface area contributed by atoms with Crippen LogP contribution < -0.4 is 16.1 Å². The maximum atomic E-state index is 13.5. The Morgan fingerprint density at radius 3 is 2.84 bits per heavy atom. The third-order valence-electron chi connectivity index (χ3n) is 5.72. The summed E-state index contributed by atoms with van der Waals surface area (Å²) in [5.41, 5.74) is 0.218. The Balaban J connectivity index is 1.55. The van der Waals surface area contributed by atoms with E-state index in [1.54, 1.807) is 16.5 Å². The molecule has 166 valence electrons. The highest BCUT2D eigenvalue weighted by molar-refractivity contribution is 7.22. The molecular formula is C21H22N6O4S. The lowest BCUT2D eigenvalue weighted by Crippen LogP contribution is -2.46. The van der Waals surface area contributed by atoms with Crippen molar-refractivity contribution in [3.63, 3.8) is 0 Å². The van der Waals surface area contributed by atoms with E-state index >= 15 is 0 Å². The summed E-state index contributed by atoms with van der Waals surface area (Å²) in [6.45, 7) is 0.584. The monoisotopic (exact) mass is 454 g/mol. The molecule has 0 spiro atoms. The number of para-hydroxylation sites is 1. The lowest BCUT2D eigenvalue weighted by atomic mass is 10.2. The fourth-order valence-corrected chi connectivity index (χ4v) is 5.00. The van der Waals surface area contributed by atoms with Crippen molar-refractivity contribution in [3.8, 4) is 0 Å². The van der Waals surface area contributed by atoms with E-state index in [0.717, 1.165) is 27.6 Å². The van der Waals surface area contributed by atoms with Crippen molar-refractivity contribution in [1.29, 1.82) is 0 Å². The molecule has 4 aromatic rings. The van der Waals surface area contributed by atoms with E-state index in [-0.39, 0.29) is 23.2 Å². The molecule has 1 aliphatic heterocycles. The van der Waals surface area contributed by atoms with E-state index < -0.39 is 17.8 Å². The summed E-state index contributed by atoms with van der Waals surface area (Å²) in [4.78, 5) is 49.7. The van der Waals surface area contributed by atoms with Gasteiger partial charge in [0.15, 0.2) is 16.3 Å².